The van der Waals surface area contributed by atoms with Gasteiger partial charge in [-0.25, -0.2) is 0 Å². The van der Waals surface area contributed by atoms with Crippen molar-refractivity contribution < 1.29 is 14.3 Å². The summed E-state index contributed by atoms with van der Waals surface area (Å²) in [5, 5.41) is 3.06. The van der Waals surface area contributed by atoms with Crippen molar-refractivity contribution in [1.29, 1.82) is 0 Å². The van der Waals surface area contributed by atoms with E-state index >= 15 is 0 Å². The standard InChI is InChI=1S/C19H18N2O3/c1-21-16-6-4-3-5-15(16)19(22)20-18(21)13-9-12-7-8-14(23-2)10-17(12)24-11-13/h3-10,18H,11H2,1-2H3,(H,20,22). The second kappa shape index (κ2) is 5.60. The molecular weight excluding hydrogens is 304 g/mol. The second-order valence-corrected chi connectivity index (χ2v) is 5.92. The molecule has 2 heterocycles. The van der Waals surface area contributed by atoms with Gasteiger partial charge in [0.2, 0.25) is 0 Å². The van der Waals surface area contributed by atoms with E-state index in [4.69, 9.17) is 9.47 Å². The van der Waals surface area contributed by atoms with Crippen molar-refractivity contribution in [1.82, 2.24) is 5.32 Å². The monoisotopic (exact) mass is 322 g/mol. The molecule has 1 amide bonds. The third-order valence-electron chi connectivity index (χ3n) is 4.49. The minimum atomic E-state index is -0.220. The number of nitrogens with zero attached hydrogens (tertiary/aromatic N) is 1. The Morgan fingerprint density at radius 1 is 1.25 bits per heavy atom. The Labute approximate surface area is 140 Å². The number of fused-ring (bicyclic) bond motifs is 2. The largest absolute Gasteiger partial charge is 0.497 e. The molecule has 0 fully saturated rings. The summed E-state index contributed by atoms with van der Waals surface area (Å²) in [7, 11) is 3.61. The maximum Gasteiger partial charge on any atom is 0.255 e. The molecule has 4 rings (SSSR count). The van der Waals surface area contributed by atoms with E-state index in [1.54, 1.807) is 7.11 Å². The Bertz CT molecular complexity index is 844. The van der Waals surface area contributed by atoms with Gasteiger partial charge in [-0.15, -0.1) is 0 Å². The van der Waals surface area contributed by atoms with Crippen LogP contribution in [0.5, 0.6) is 11.5 Å². The Balaban J connectivity index is 1.69. The summed E-state index contributed by atoms with van der Waals surface area (Å²) in [5.41, 5.74) is 3.61. The fourth-order valence-electron chi connectivity index (χ4n) is 3.20. The third kappa shape index (κ3) is 2.29. The van der Waals surface area contributed by atoms with Crippen LogP contribution >= 0.6 is 0 Å². The van der Waals surface area contributed by atoms with Crippen LogP contribution in [0.4, 0.5) is 5.69 Å². The highest BCUT2D eigenvalue weighted by Crippen LogP contribution is 2.34. The van der Waals surface area contributed by atoms with Crippen LogP contribution in [-0.2, 0) is 0 Å². The molecule has 122 valence electrons. The number of rotatable bonds is 2. The molecule has 0 radical (unpaired) electrons. The fraction of sp³-hybridized carbons (Fsp3) is 0.211. The predicted molar refractivity (Wildman–Crippen MR) is 92.6 cm³/mol. The van der Waals surface area contributed by atoms with Crippen LogP contribution in [0.3, 0.4) is 0 Å². The molecule has 0 saturated carbocycles. The van der Waals surface area contributed by atoms with Gasteiger partial charge in [0.25, 0.3) is 5.91 Å². The number of nitrogens with one attached hydrogen (secondary N) is 1. The number of para-hydroxylation sites is 1. The highest BCUT2D eigenvalue weighted by Gasteiger charge is 2.31. The number of methoxy groups -OCH3 is 1. The van der Waals surface area contributed by atoms with E-state index in [9.17, 15) is 4.79 Å². The summed E-state index contributed by atoms with van der Waals surface area (Å²) in [6.07, 6.45) is 1.86. The number of amides is 1. The van der Waals surface area contributed by atoms with Crippen LogP contribution < -0.4 is 19.7 Å². The minimum absolute atomic E-state index is 0.0601. The molecule has 1 N–H and O–H groups in total. The van der Waals surface area contributed by atoms with Gasteiger partial charge in [-0.1, -0.05) is 12.1 Å². The SMILES string of the molecule is COc1ccc2c(c1)OCC(C1NC(=O)c3ccccc3N1C)=C2. The summed E-state index contributed by atoms with van der Waals surface area (Å²) >= 11 is 0. The molecule has 2 aliphatic rings. The summed E-state index contributed by atoms with van der Waals surface area (Å²) < 4.78 is 11.1. The molecule has 0 aromatic heterocycles. The summed E-state index contributed by atoms with van der Waals surface area (Å²) in [6, 6.07) is 13.4. The molecule has 0 spiro atoms. The van der Waals surface area contributed by atoms with E-state index in [0.717, 1.165) is 28.3 Å². The average molecular weight is 322 g/mol. The van der Waals surface area contributed by atoms with E-state index in [0.29, 0.717) is 12.2 Å². The minimum Gasteiger partial charge on any atom is -0.497 e. The number of ether oxygens (including phenoxy) is 2. The summed E-state index contributed by atoms with van der Waals surface area (Å²) in [6.45, 7) is 0.428. The van der Waals surface area contributed by atoms with Crippen molar-refractivity contribution in [3.8, 4) is 11.5 Å². The lowest BCUT2D eigenvalue weighted by molar-refractivity contribution is 0.0933. The molecular formula is C19H18N2O3. The number of hydrogen-bond donors (Lipinski definition) is 1. The van der Waals surface area contributed by atoms with E-state index < -0.39 is 0 Å². The molecule has 0 bridgehead atoms. The van der Waals surface area contributed by atoms with Crippen LogP contribution in [0.25, 0.3) is 6.08 Å². The highest BCUT2D eigenvalue weighted by atomic mass is 16.5. The van der Waals surface area contributed by atoms with Crippen LogP contribution in [0.1, 0.15) is 15.9 Å². The first-order valence-corrected chi connectivity index (χ1v) is 7.81. The quantitative estimate of drug-likeness (QED) is 0.923. The number of hydrogen-bond acceptors (Lipinski definition) is 4. The molecule has 1 unspecified atom stereocenters. The maximum absolute atomic E-state index is 12.4. The van der Waals surface area contributed by atoms with Crippen molar-refractivity contribution in [2.45, 2.75) is 6.17 Å². The smallest absolute Gasteiger partial charge is 0.255 e. The van der Waals surface area contributed by atoms with Gasteiger partial charge < -0.3 is 19.7 Å². The lowest BCUT2D eigenvalue weighted by Gasteiger charge is -2.38. The van der Waals surface area contributed by atoms with Gasteiger partial charge in [0, 0.05) is 24.3 Å². The van der Waals surface area contributed by atoms with Crippen molar-refractivity contribution in [2.75, 3.05) is 25.7 Å². The zero-order chi connectivity index (χ0) is 16.7. The van der Waals surface area contributed by atoms with Crippen LogP contribution in [0, 0.1) is 0 Å². The van der Waals surface area contributed by atoms with Crippen LogP contribution in [0.2, 0.25) is 0 Å². The number of benzene rings is 2. The average Bonchev–Trinajstić information content (AvgIpc) is 2.64. The zero-order valence-electron chi connectivity index (χ0n) is 13.6. The first kappa shape index (κ1) is 14.6. The second-order valence-electron chi connectivity index (χ2n) is 5.92. The topological polar surface area (TPSA) is 50.8 Å². The van der Waals surface area contributed by atoms with Gasteiger partial charge in [-0.2, -0.15) is 0 Å². The van der Waals surface area contributed by atoms with Gasteiger partial charge in [-0.3, -0.25) is 4.79 Å². The van der Waals surface area contributed by atoms with Gasteiger partial charge in [0.1, 0.15) is 24.3 Å². The first-order valence-electron chi connectivity index (χ1n) is 7.81. The van der Waals surface area contributed by atoms with E-state index in [1.165, 1.54) is 0 Å². The molecule has 0 aliphatic carbocycles. The van der Waals surface area contributed by atoms with Crippen LogP contribution in [-0.4, -0.2) is 32.8 Å². The Morgan fingerprint density at radius 3 is 2.92 bits per heavy atom. The fourth-order valence-corrected chi connectivity index (χ4v) is 3.20. The molecule has 2 aromatic rings. The molecule has 0 saturated heterocycles. The highest BCUT2D eigenvalue weighted by molar-refractivity contribution is 6.02. The normalized spacial score (nSPS) is 18.8. The lowest BCUT2D eigenvalue weighted by Crippen LogP contribution is -2.53. The molecule has 2 aliphatic heterocycles. The van der Waals surface area contributed by atoms with Crippen molar-refractivity contribution in [2.24, 2.45) is 0 Å². The number of anilines is 1. The summed E-state index contributed by atoms with van der Waals surface area (Å²) in [4.78, 5) is 14.5. The van der Waals surface area contributed by atoms with Crippen molar-refractivity contribution in [3.05, 3.63) is 59.2 Å². The van der Waals surface area contributed by atoms with E-state index in [-0.39, 0.29) is 12.1 Å². The number of carbonyl (C=O) groups is 1. The third-order valence-corrected chi connectivity index (χ3v) is 4.49. The Kier molecular flexibility index (Phi) is 3.41. The zero-order valence-corrected chi connectivity index (χ0v) is 13.6. The van der Waals surface area contributed by atoms with Crippen molar-refractivity contribution in [3.63, 3.8) is 0 Å². The molecule has 5 nitrogen and oxygen atoms in total. The Morgan fingerprint density at radius 2 is 2.08 bits per heavy atom. The molecule has 5 heteroatoms. The van der Waals surface area contributed by atoms with Gasteiger partial charge in [0.05, 0.1) is 18.4 Å². The molecule has 24 heavy (non-hydrogen) atoms. The van der Waals surface area contributed by atoms with E-state index in [2.05, 4.69) is 16.3 Å². The Hall–Kier alpha value is -2.95. The molecule has 2 aromatic carbocycles. The van der Waals surface area contributed by atoms with Gasteiger partial charge in [0.15, 0.2) is 0 Å². The first-order chi connectivity index (χ1) is 11.7. The van der Waals surface area contributed by atoms with Crippen molar-refractivity contribution >= 4 is 17.7 Å². The maximum atomic E-state index is 12.4. The number of likely N-dealkylation sites (N-methyl/N-ethyl adjacent to an activating group) is 1. The predicted octanol–water partition coefficient (Wildman–Crippen LogP) is 2.68. The van der Waals surface area contributed by atoms with Crippen LogP contribution in [0.15, 0.2) is 48.0 Å². The lowest BCUT2D eigenvalue weighted by atomic mass is 10.0. The molecule has 1 atom stereocenters. The number of carbonyl (C=O) groups excluding carboxylic acids is 1. The van der Waals surface area contributed by atoms with Gasteiger partial charge >= 0.3 is 0 Å². The van der Waals surface area contributed by atoms with E-state index in [1.807, 2.05) is 49.5 Å². The van der Waals surface area contributed by atoms with Gasteiger partial charge in [-0.05, 0) is 30.3 Å². The summed E-state index contributed by atoms with van der Waals surface area (Å²) in [5.74, 6) is 1.50.